The maximum Gasteiger partial charge on any atom is 0.119 e. The third-order valence-corrected chi connectivity index (χ3v) is 3.10. The number of rotatable bonds is 7. The lowest BCUT2D eigenvalue weighted by Crippen LogP contribution is -2.28. The van der Waals surface area contributed by atoms with Crippen LogP contribution in [-0.4, -0.2) is 17.8 Å². The molecule has 0 aromatic heterocycles. The smallest absolute Gasteiger partial charge is 0.119 e. The van der Waals surface area contributed by atoms with Crippen molar-refractivity contribution < 1.29 is 9.84 Å². The second kappa shape index (κ2) is 7.68. The van der Waals surface area contributed by atoms with Crippen molar-refractivity contribution in [3.63, 3.8) is 0 Å². The van der Waals surface area contributed by atoms with E-state index in [9.17, 15) is 0 Å². The fraction of sp³-hybridized carbons (Fsp3) is 0.294. The molecular weight excluding hydrogens is 250 g/mol. The summed E-state index contributed by atoms with van der Waals surface area (Å²) in [6.45, 7) is 3.44. The summed E-state index contributed by atoms with van der Waals surface area (Å²) in [7, 11) is 0. The molecule has 1 atom stereocenters. The average molecular weight is 271 g/mol. The van der Waals surface area contributed by atoms with Crippen molar-refractivity contribution in [1.82, 2.24) is 5.32 Å². The third-order valence-electron chi connectivity index (χ3n) is 3.10. The van der Waals surface area contributed by atoms with Crippen LogP contribution in [-0.2, 0) is 13.2 Å². The summed E-state index contributed by atoms with van der Waals surface area (Å²) in [4.78, 5) is 0. The number of aliphatic hydroxyl groups is 1. The molecule has 0 saturated carbocycles. The molecule has 0 aliphatic rings. The van der Waals surface area contributed by atoms with Gasteiger partial charge in [0.1, 0.15) is 12.4 Å². The minimum absolute atomic E-state index is 0.115. The van der Waals surface area contributed by atoms with Crippen molar-refractivity contribution in [3.8, 4) is 5.75 Å². The summed E-state index contributed by atoms with van der Waals surface area (Å²) in [6, 6.07) is 18.3. The van der Waals surface area contributed by atoms with Crippen molar-refractivity contribution in [1.29, 1.82) is 0 Å². The minimum atomic E-state index is 0.115. The van der Waals surface area contributed by atoms with Gasteiger partial charge in [0.2, 0.25) is 0 Å². The van der Waals surface area contributed by atoms with Crippen molar-refractivity contribution >= 4 is 0 Å². The Morgan fingerprint density at radius 2 is 1.70 bits per heavy atom. The fourth-order valence-corrected chi connectivity index (χ4v) is 1.80. The first-order valence-electron chi connectivity index (χ1n) is 6.88. The number of aliphatic hydroxyl groups excluding tert-OH is 1. The predicted molar refractivity (Wildman–Crippen MR) is 80.6 cm³/mol. The molecule has 2 rings (SSSR count). The standard InChI is InChI=1S/C17H21NO2/c1-14(12-19)18-11-15-7-9-17(10-8-15)20-13-16-5-3-2-4-6-16/h2-10,14,18-19H,11-13H2,1H3. The van der Waals surface area contributed by atoms with Gasteiger partial charge in [0.05, 0.1) is 6.61 Å². The van der Waals surface area contributed by atoms with E-state index in [1.807, 2.05) is 49.4 Å². The second-order valence-corrected chi connectivity index (χ2v) is 4.88. The van der Waals surface area contributed by atoms with Crippen LogP contribution in [0.3, 0.4) is 0 Å². The Hall–Kier alpha value is -1.84. The van der Waals surface area contributed by atoms with E-state index in [0.29, 0.717) is 6.61 Å². The first-order chi connectivity index (χ1) is 9.78. The molecule has 2 N–H and O–H groups in total. The normalized spacial score (nSPS) is 12.1. The van der Waals surface area contributed by atoms with Crippen LogP contribution >= 0.6 is 0 Å². The summed E-state index contributed by atoms with van der Waals surface area (Å²) in [6.07, 6.45) is 0. The molecule has 20 heavy (non-hydrogen) atoms. The Bertz CT molecular complexity index is 496. The van der Waals surface area contributed by atoms with Crippen LogP contribution in [0.15, 0.2) is 54.6 Å². The molecule has 106 valence electrons. The first kappa shape index (κ1) is 14.6. The highest BCUT2D eigenvalue weighted by molar-refractivity contribution is 5.27. The van der Waals surface area contributed by atoms with E-state index in [-0.39, 0.29) is 12.6 Å². The van der Waals surface area contributed by atoms with Gasteiger partial charge in [-0.05, 0) is 30.2 Å². The zero-order valence-electron chi connectivity index (χ0n) is 11.8. The van der Waals surface area contributed by atoms with Crippen LogP contribution in [0.5, 0.6) is 5.75 Å². The molecule has 0 radical (unpaired) electrons. The number of benzene rings is 2. The van der Waals surface area contributed by atoms with E-state index in [4.69, 9.17) is 9.84 Å². The lowest BCUT2D eigenvalue weighted by Gasteiger charge is -2.11. The molecule has 0 saturated heterocycles. The third kappa shape index (κ3) is 4.68. The number of ether oxygens (including phenoxy) is 1. The molecule has 0 heterocycles. The van der Waals surface area contributed by atoms with E-state index in [1.165, 1.54) is 5.56 Å². The molecule has 2 aromatic rings. The fourth-order valence-electron chi connectivity index (χ4n) is 1.80. The van der Waals surface area contributed by atoms with Crippen molar-refractivity contribution in [2.45, 2.75) is 26.1 Å². The Balaban J connectivity index is 1.82. The molecule has 0 spiro atoms. The zero-order valence-corrected chi connectivity index (χ0v) is 11.8. The van der Waals surface area contributed by atoms with E-state index < -0.39 is 0 Å². The van der Waals surface area contributed by atoms with Gasteiger partial charge in [-0.25, -0.2) is 0 Å². The van der Waals surface area contributed by atoms with Crippen molar-refractivity contribution in [2.24, 2.45) is 0 Å². The largest absolute Gasteiger partial charge is 0.489 e. The van der Waals surface area contributed by atoms with Crippen LogP contribution in [0, 0.1) is 0 Å². The van der Waals surface area contributed by atoms with Crippen molar-refractivity contribution in [2.75, 3.05) is 6.61 Å². The van der Waals surface area contributed by atoms with Crippen molar-refractivity contribution in [3.05, 3.63) is 65.7 Å². The number of nitrogens with one attached hydrogen (secondary N) is 1. The van der Waals surface area contributed by atoms with Crippen LogP contribution in [0.1, 0.15) is 18.1 Å². The highest BCUT2D eigenvalue weighted by Crippen LogP contribution is 2.14. The molecule has 1 unspecified atom stereocenters. The van der Waals surface area contributed by atoms with Crippen LogP contribution in [0.25, 0.3) is 0 Å². The Labute approximate surface area is 120 Å². The van der Waals surface area contributed by atoms with E-state index in [0.717, 1.165) is 17.9 Å². The molecule has 0 fully saturated rings. The van der Waals surface area contributed by atoms with Crippen LogP contribution in [0.2, 0.25) is 0 Å². The second-order valence-electron chi connectivity index (χ2n) is 4.88. The highest BCUT2D eigenvalue weighted by Gasteiger charge is 2.00. The lowest BCUT2D eigenvalue weighted by atomic mass is 10.2. The van der Waals surface area contributed by atoms with Crippen LogP contribution in [0.4, 0.5) is 0 Å². The van der Waals surface area contributed by atoms with Gasteiger partial charge in [-0.2, -0.15) is 0 Å². The average Bonchev–Trinajstić information content (AvgIpc) is 2.52. The molecule has 0 amide bonds. The lowest BCUT2D eigenvalue weighted by molar-refractivity contribution is 0.251. The Morgan fingerprint density at radius 1 is 1.00 bits per heavy atom. The highest BCUT2D eigenvalue weighted by atomic mass is 16.5. The van der Waals surface area contributed by atoms with E-state index in [1.54, 1.807) is 0 Å². The number of hydrogen-bond acceptors (Lipinski definition) is 3. The Kier molecular flexibility index (Phi) is 5.59. The maximum atomic E-state index is 8.95. The monoisotopic (exact) mass is 271 g/mol. The molecule has 3 nitrogen and oxygen atoms in total. The molecule has 3 heteroatoms. The summed E-state index contributed by atoms with van der Waals surface area (Å²) in [5, 5.41) is 12.2. The molecule has 2 aromatic carbocycles. The molecule has 0 bridgehead atoms. The van der Waals surface area contributed by atoms with Gasteiger partial charge in [-0.15, -0.1) is 0 Å². The summed E-state index contributed by atoms with van der Waals surface area (Å²) < 4.78 is 5.73. The summed E-state index contributed by atoms with van der Waals surface area (Å²) >= 11 is 0. The van der Waals surface area contributed by atoms with Crippen LogP contribution < -0.4 is 10.1 Å². The maximum absolute atomic E-state index is 8.95. The number of hydrogen-bond donors (Lipinski definition) is 2. The van der Waals surface area contributed by atoms with Gasteiger partial charge in [0.25, 0.3) is 0 Å². The zero-order chi connectivity index (χ0) is 14.2. The summed E-state index contributed by atoms with van der Waals surface area (Å²) in [5.41, 5.74) is 2.34. The predicted octanol–water partition coefficient (Wildman–Crippen LogP) is 2.74. The minimum Gasteiger partial charge on any atom is -0.489 e. The quantitative estimate of drug-likeness (QED) is 0.813. The summed E-state index contributed by atoms with van der Waals surface area (Å²) in [5.74, 6) is 0.868. The van der Waals surface area contributed by atoms with Gasteiger partial charge in [0, 0.05) is 12.6 Å². The molecule has 0 aliphatic heterocycles. The SMILES string of the molecule is CC(CO)NCc1ccc(OCc2ccccc2)cc1. The molecular formula is C17H21NO2. The van der Waals surface area contributed by atoms with Gasteiger partial charge in [0.15, 0.2) is 0 Å². The first-order valence-corrected chi connectivity index (χ1v) is 6.88. The van der Waals surface area contributed by atoms with Gasteiger partial charge >= 0.3 is 0 Å². The van der Waals surface area contributed by atoms with E-state index in [2.05, 4.69) is 17.4 Å². The topological polar surface area (TPSA) is 41.5 Å². The molecule has 0 aliphatic carbocycles. The van der Waals surface area contributed by atoms with Gasteiger partial charge in [-0.3, -0.25) is 0 Å². The van der Waals surface area contributed by atoms with Gasteiger partial charge < -0.3 is 15.2 Å². The van der Waals surface area contributed by atoms with E-state index >= 15 is 0 Å². The van der Waals surface area contributed by atoms with Gasteiger partial charge in [-0.1, -0.05) is 42.5 Å². The Morgan fingerprint density at radius 3 is 2.35 bits per heavy atom.